The molecule has 142 valence electrons. The summed E-state index contributed by atoms with van der Waals surface area (Å²) in [5.41, 5.74) is 0.154. The number of carbonyl (C=O) groups excluding carboxylic acids is 1. The number of aromatic nitrogens is 2. The van der Waals surface area contributed by atoms with Gasteiger partial charge in [-0.3, -0.25) is 4.79 Å². The SMILES string of the molecule is O=C(Nc1ccc2c(c1)OCO2)c1ccc(Nc2ccc(F)c(F)c2F)nn1. The maximum absolute atomic E-state index is 13.7. The standard InChI is InChI=1S/C18H11F3N4O3/c19-10-2-3-11(17(21)16(10)20)23-15-6-4-12(24-25-15)18(26)22-9-1-5-13-14(7-9)28-8-27-13/h1-7H,8H2,(H,22,26)(H,23,25). The number of carbonyl (C=O) groups is 1. The highest BCUT2D eigenvalue weighted by Crippen LogP contribution is 2.34. The van der Waals surface area contributed by atoms with Gasteiger partial charge in [0.25, 0.3) is 5.91 Å². The predicted molar refractivity (Wildman–Crippen MR) is 92.1 cm³/mol. The molecule has 0 spiro atoms. The fourth-order valence-electron chi connectivity index (χ4n) is 2.45. The van der Waals surface area contributed by atoms with E-state index < -0.39 is 23.4 Å². The second kappa shape index (κ2) is 7.06. The van der Waals surface area contributed by atoms with E-state index in [1.165, 1.54) is 12.1 Å². The van der Waals surface area contributed by atoms with E-state index in [4.69, 9.17) is 9.47 Å². The van der Waals surface area contributed by atoms with Crippen LogP contribution in [0.5, 0.6) is 11.5 Å². The van der Waals surface area contributed by atoms with Crippen molar-refractivity contribution in [3.63, 3.8) is 0 Å². The van der Waals surface area contributed by atoms with Crippen molar-refractivity contribution in [3.05, 3.63) is 65.6 Å². The normalized spacial score (nSPS) is 12.0. The van der Waals surface area contributed by atoms with E-state index in [1.807, 2.05) is 0 Å². The highest BCUT2D eigenvalue weighted by molar-refractivity contribution is 6.03. The molecule has 0 atom stereocenters. The molecular weight excluding hydrogens is 377 g/mol. The van der Waals surface area contributed by atoms with Gasteiger partial charge in [-0.05, 0) is 36.4 Å². The van der Waals surface area contributed by atoms with E-state index in [9.17, 15) is 18.0 Å². The lowest BCUT2D eigenvalue weighted by molar-refractivity contribution is 0.102. The molecule has 4 rings (SSSR count). The first kappa shape index (κ1) is 17.6. The van der Waals surface area contributed by atoms with Gasteiger partial charge in [-0.15, -0.1) is 10.2 Å². The van der Waals surface area contributed by atoms with Crippen molar-refractivity contribution in [1.29, 1.82) is 0 Å². The predicted octanol–water partition coefficient (Wildman–Crippen LogP) is 3.62. The number of anilines is 3. The molecular formula is C18H11F3N4O3. The molecule has 0 saturated carbocycles. The number of halogens is 3. The summed E-state index contributed by atoms with van der Waals surface area (Å²) < 4.78 is 50.3. The molecule has 0 radical (unpaired) electrons. The molecule has 1 aliphatic heterocycles. The van der Waals surface area contributed by atoms with Crippen LogP contribution in [0.25, 0.3) is 0 Å². The van der Waals surface area contributed by atoms with Gasteiger partial charge in [0.1, 0.15) is 0 Å². The smallest absolute Gasteiger partial charge is 0.276 e. The van der Waals surface area contributed by atoms with Gasteiger partial charge >= 0.3 is 0 Å². The maximum Gasteiger partial charge on any atom is 0.276 e. The first-order valence-electron chi connectivity index (χ1n) is 7.96. The van der Waals surface area contributed by atoms with E-state index in [-0.39, 0.29) is 24.0 Å². The largest absolute Gasteiger partial charge is 0.454 e. The number of amides is 1. The third-order valence-corrected chi connectivity index (χ3v) is 3.83. The van der Waals surface area contributed by atoms with Crippen molar-refractivity contribution in [2.24, 2.45) is 0 Å². The Bertz CT molecular complexity index is 1060. The second-order valence-corrected chi connectivity index (χ2v) is 5.67. The van der Waals surface area contributed by atoms with Crippen molar-refractivity contribution in [3.8, 4) is 11.5 Å². The van der Waals surface area contributed by atoms with Gasteiger partial charge in [0.15, 0.2) is 40.5 Å². The molecule has 1 aliphatic rings. The Kier molecular flexibility index (Phi) is 4.44. The Hall–Kier alpha value is -3.82. The molecule has 0 unspecified atom stereocenters. The van der Waals surface area contributed by atoms with Crippen LogP contribution < -0.4 is 20.1 Å². The molecule has 28 heavy (non-hydrogen) atoms. The second-order valence-electron chi connectivity index (χ2n) is 5.67. The van der Waals surface area contributed by atoms with Crippen LogP contribution in [0.4, 0.5) is 30.4 Å². The van der Waals surface area contributed by atoms with Crippen LogP contribution in [0, 0.1) is 17.5 Å². The summed E-state index contributed by atoms with van der Waals surface area (Å²) in [7, 11) is 0. The number of ether oxygens (including phenoxy) is 2. The minimum Gasteiger partial charge on any atom is -0.454 e. The Balaban J connectivity index is 1.45. The van der Waals surface area contributed by atoms with E-state index in [1.54, 1.807) is 18.2 Å². The monoisotopic (exact) mass is 388 g/mol. The third kappa shape index (κ3) is 3.39. The Labute approximate surface area is 156 Å². The topological polar surface area (TPSA) is 85.4 Å². The van der Waals surface area contributed by atoms with E-state index in [0.29, 0.717) is 17.2 Å². The van der Waals surface area contributed by atoms with Gasteiger partial charge in [0.05, 0.1) is 5.69 Å². The van der Waals surface area contributed by atoms with Gasteiger partial charge in [-0.25, -0.2) is 13.2 Å². The molecule has 2 aromatic carbocycles. The minimum absolute atomic E-state index is 0.00558. The number of nitrogens with zero attached hydrogens (tertiary/aromatic N) is 2. The summed E-state index contributed by atoms with van der Waals surface area (Å²) in [5, 5.41) is 12.6. The summed E-state index contributed by atoms with van der Waals surface area (Å²) in [6, 6.07) is 9.40. The maximum atomic E-state index is 13.7. The fourth-order valence-corrected chi connectivity index (χ4v) is 2.45. The lowest BCUT2D eigenvalue weighted by Crippen LogP contribution is -2.14. The van der Waals surface area contributed by atoms with Crippen LogP contribution >= 0.6 is 0 Å². The average Bonchev–Trinajstić information content (AvgIpc) is 3.17. The zero-order valence-corrected chi connectivity index (χ0v) is 14.0. The van der Waals surface area contributed by atoms with Crippen LogP contribution in [0.2, 0.25) is 0 Å². The van der Waals surface area contributed by atoms with Gasteiger partial charge in [-0.1, -0.05) is 0 Å². The van der Waals surface area contributed by atoms with Crippen LogP contribution in [0.3, 0.4) is 0 Å². The number of benzene rings is 2. The lowest BCUT2D eigenvalue weighted by atomic mass is 10.2. The Morgan fingerprint density at radius 1 is 0.929 bits per heavy atom. The van der Waals surface area contributed by atoms with Gasteiger partial charge < -0.3 is 20.1 Å². The number of nitrogens with one attached hydrogen (secondary N) is 2. The van der Waals surface area contributed by atoms with Crippen LogP contribution in [0.1, 0.15) is 10.5 Å². The fraction of sp³-hybridized carbons (Fsp3) is 0.0556. The minimum atomic E-state index is -1.60. The Morgan fingerprint density at radius 2 is 1.75 bits per heavy atom. The molecule has 2 N–H and O–H groups in total. The summed E-state index contributed by atoms with van der Waals surface area (Å²) in [6.07, 6.45) is 0. The quantitative estimate of drug-likeness (QED) is 0.664. The average molecular weight is 388 g/mol. The summed E-state index contributed by atoms with van der Waals surface area (Å²) in [5.74, 6) is -3.68. The highest BCUT2D eigenvalue weighted by Gasteiger charge is 2.16. The van der Waals surface area contributed by atoms with Crippen molar-refractivity contribution >= 4 is 23.1 Å². The van der Waals surface area contributed by atoms with Crippen LogP contribution in [-0.2, 0) is 0 Å². The highest BCUT2D eigenvalue weighted by atomic mass is 19.2. The van der Waals surface area contributed by atoms with Crippen molar-refractivity contribution in [1.82, 2.24) is 10.2 Å². The van der Waals surface area contributed by atoms with Gasteiger partial charge in [0.2, 0.25) is 6.79 Å². The molecule has 0 saturated heterocycles. The number of fused-ring (bicyclic) bond motifs is 1. The van der Waals surface area contributed by atoms with E-state index >= 15 is 0 Å². The molecule has 0 aliphatic carbocycles. The zero-order valence-electron chi connectivity index (χ0n) is 14.0. The third-order valence-electron chi connectivity index (χ3n) is 3.83. The summed E-state index contributed by atoms with van der Waals surface area (Å²) >= 11 is 0. The lowest BCUT2D eigenvalue weighted by Gasteiger charge is -2.08. The van der Waals surface area contributed by atoms with Crippen molar-refractivity contribution in [2.75, 3.05) is 17.4 Å². The van der Waals surface area contributed by atoms with Crippen LogP contribution in [0.15, 0.2) is 42.5 Å². The van der Waals surface area contributed by atoms with Crippen molar-refractivity contribution < 1.29 is 27.4 Å². The number of rotatable bonds is 4. The summed E-state index contributed by atoms with van der Waals surface area (Å²) in [4.78, 5) is 12.3. The zero-order chi connectivity index (χ0) is 19.7. The first-order chi connectivity index (χ1) is 13.5. The number of hydrogen-bond acceptors (Lipinski definition) is 6. The molecule has 7 nitrogen and oxygen atoms in total. The van der Waals surface area contributed by atoms with Crippen molar-refractivity contribution in [2.45, 2.75) is 0 Å². The van der Waals surface area contributed by atoms with Gasteiger partial charge in [0, 0.05) is 11.8 Å². The molecule has 3 aromatic rings. The molecule has 0 bridgehead atoms. The Morgan fingerprint density at radius 3 is 2.54 bits per heavy atom. The molecule has 10 heteroatoms. The first-order valence-corrected chi connectivity index (χ1v) is 7.96. The van der Waals surface area contributed by atoms with E-state index in [2.05, 4.69) is 20.8 Å². The molecule has 1 amide bonds. The number of hydrogen-bond donors (Lipinski definition) is 2. The van der Waals surface area contributed by atoms with Crippen LogP contribution in [-0.4, -0.2) is 22.9 Å². The molecule has 0 fully saturated rings. The van der Waals surface area contributed by atoms with E-state index in [0.717, 1.165) is 12.1 Å². The molecule has 1 aromatic heterocycles. The van der Waals surface area contributed by atoms with Gasteiger partial charge in [-0.2, -0.15) is 0 Å². The molecule has 2 heterocycles. The summed E-state index contributed by atoms with van der Waals surface area (Å²) in [6.45, 7) is 0.116.